The zero-order valence-electron chi connectivity index (χ0n) is 12.8. The topological polar surface area (TPSA) is 51.2 Å². The van der Waals surface area contributed by atoms with Crippen molar-refractivity contribution in [2.75, 3.05) is 12.4 Å². The molecule has 7 heteroatoms. The Morgan fingerprint density at radius 1 is 1.21 bits per heavy atom. The minimum atomic E-state index is -0.647. The fraction of sp³-hybridized carbons (Fsp3) is 0.118. The van der Waals surface area contributed by atoms with Crippen LogP contribution in [0.4, 0.5) is 5.69 Å². The molecule has 0 radical (unpaired) electrons. The normalized spacial score (nSPS) is 11.9. The first-order valence-corrected chi connectivity index (χ1v) is 9.24. The van der Waals surface area contributed by atoms with Crippen molar-refractivity contribution in [1.82, 2.24) is 4.98 Å². The molecule has 3 aromatic rings. The molecule has 0 amide bonds. The number of anilines is 1. The molecule has 0 aliphatic heterocycles. The van der Waals surface area contributed by atoms with Crippen molar-refractivity contribution in [3.63, 3.8) is 0 Å². The third-order valence-electron chi connectivity index (χ3n) is 3.19. The van der Waals surface area contributed by atoms with E-state index < -0.39 is 11.2 Å². The Hall–Kier alpha value is -1.96. The molecule has 1 atom stereocenters. The van der Waals surface area contributed by atoms with E-state index >= 15 is 0 Å². The number of hydrogen-bond donors (Lipinski definition) is 1. The van der Waals surface area contributed by atoms with Gasteiger partial charge in [0.25, 0.3) is 0 Å². The van der Waals surface area contributed by atoms with Crippen LogP contribution in [-0.2, 0) is 9.53 Å². The molecule has 0 bridgehead atoms. The van der Waals surface area contributed by atoms with Gasteiger partial charge in [-0.3, -0.25) is 4.79 Å². The molecule has 0 saturated carbocycles. The van der Waals surface area contributed by atoms with Crippen LogP contribution in [0.2, 0.25) is 0 Å². The van der Waals surface area contributed by atoms with Gasteiger partial charge in [-0.15, -0.1) is 11.3 Å². The summed E-state index contributed by atoms with van der Waals surface area (Å²) in [6.45, 7) is 0. The summed E-state index contributed by atoms with van der Waals surface area (Å²) in [5.74, 6) is -0.396. The number of rotatable bonds is 5. The van der Waals surface area contributed by atoms with Crippen molar-refractivity contribution >= 4 is 62.2 Å². The monoisotopic (exact) mass is 374 g/mol. The maximum Gasteiger partial charge on any atom is 0.326 e. The highest BCUT2D eigenvalue weighted by Crippen LogP contribution is 2.33. The Bertz CT molecular complexity index is 831. The van der Waals surface area contributed by atoms with E-state index in [1.807, 2.05) is 54.6 Å². The van der Waals surface area contributed by atoms with E-state index in [9.17, 15) is 4.79 Å². The molecule has 0 fully saturated rings. The third-order valence-corrected chi connectivity index (χ3v) is 6.00. The first-order chi connectivity index (χ1) is 11.7. The zero-order valence-corrected chi connectivity index (χ0v) is 15.2. The first-order valence-electron chi connectivity index (χ1n) is 7.13. The molecule has 1 unspecified atom stereocenters. The molecule has 2 aromatic carbocycles. The Balaban J connectivity index is 1.80. The second-order valence-corrected chi connectivity index (χ2v) is 7.65. The van der Waals surface area contributed by atoms with Crippen LogP contribution in [0, 0.1) is 0 Å². The number of fused-ring (bicyclic) bond motifs is 1. The van der Waals surface area contributed by atoms with Crippen LogP contribution >= 0.6 is 35.3 Å². The number of thioether (sulfide) groups is 1. The fourth-order valence-corrected chi connectivity index (χ4v) is 4.56. The molecular formula is C17H14N2O2S3. The summed E-state index contributed by atoms with van der Waals surface area (Å²) in [4.78, 5) is 17.1. The van der Waals surface area contributed by atoms with Gasteiger partial charge in [-0.05, 0) is 24.3 Å². The lowest BCUT2D eigenvalue weighted by molar-refractivity contribution is -0.138. The van der Waals surface area contributed by atoms with E-state index in [1.54, 1.807) is 0 Å². The number of aromatic nitrogens is 1. The van der Waals surface area contributed by atoms with Crippen LogP contribution in [0.1, 0.15) is 0 Å². The maximum atomic E-state index is 12.2. The van der Waals surface area contributed by atoms with Crippen LogP contribution < -0.4 is 5.32 Å². The maximum absolute atomic E-state index is 12.2. The largest absolute Gasteiger partial charge is 0.468 e. The average Bonchev–Trinajstić information content (AvgIpc) is 3.02. The summed E-state index contributed by atoms with van der Waals surface area (Å²) in [5, 5.41) is 2.45. The van der Waals surface area contributed by atoms with Crippen molar-refractivity contribution < 1.29 is 9.53 Å². The predicted molar refractivity (Wildman–Crippen MR) is 104 cm³/mol. The summed E-state index contributed by atoms with van der Waals surface area (Å²) in [7, 11) is 1.36. The van der Waals surface area contributed by atoms with Gasteiger partial charge in [-0.1, -0.05) is 54.3 Å². The number of carbonyl (C=O) groups excluding carboxylic acids is 1. The van der Waals surface area contributed by atoms with Gasteiger partial charge in [-0.2, -0.15) is 0 Å². The van der Waals surface area contributed by atoms with E-state index in [4.69, 9.17) is 17.0 Å². The molecule has 1 aromatic heterocycles. The van der Waals surface area contributed by atoms with Crippen molar-refractivity contribution in [2.24, 2.45) is 0 Å². The predicted octanol–water partition coefficient (Wildman–Crippen LogP) is 4.37. The highest BCUT2D eigenvalue weighted by molar-refractivity contribution is 8.04. The zero-order chi connectivity index (χ0) is 16.9. The molecule has 0 aliphatic rings. The number of nitrogens with one attached hydrogen (secondary N) is 1. The quantitative estimate of drug-likeness (QED) is 0.407. The lowest BCUT2D eigenvalue weighted by Crippen LogP contribution is -2.31. The number of ether oxygens (including phenoxy) is 1. The van der Waals surface area contributed by atoms with E-state index in [0.717, 1.165) is 20.2 Å². The second-order valence-electron chi connectivity index (χ2n) is 4.82. The number of thiocarbonyl (C=S) groups is 1. The summed E-state index contributed by atoms with van der Waals surface area (Å²) in [5.41, 5.74) is 1.75. The number of benzene rings is 2. The smallest absolute Gasteiger partial charge is 0.326 e. The minimum Gasteiger partial charge on any atom is -0.468 e. The summed E-state index contributed by atoms with van der Waals surface area (Å²) >= 11 is 8.26. The first kappa shape index (κ1) is 16.9. The van der Waals surface area contributed by atoms with Crippen LogP contribution in [0.15, 0.2) is 58.9 Å². The molecular weight excluding hydrogens is 360 g/mol. The molecule has 1 heterocycles. The summed E-state index contributed by atoms with van der Waals surface area (Å²) in [6, 6.07) is 17.4. The van der Waals surface area contributed by atoms with E-state index in [1.165, 1.54) is 30.2 Å². The molecule has 0 aliphatic carbocycles. The summed E-state index contributed by atoms with van der Waals surface area (Å²) < 4.78 is 6.76. The Kier molecular flexibility index (Phi) is 5.44. The average molecular weight is 375 g/mol. The Morgan fingerprint density at radius 3 is 2.62 bits per heavy atom. The van der Waals surface area contributed by atoms with Gasteiger partial charge in [0.05, 0.1) is 17.3 Å². The minimum absolute atomic E-state index is 0.396. The molecule has 122 valence electrons. The standard InChI is InChI=1S/C17H14N2O2S3/c1-21-16(20)14(15(22)18-11-7-3-2-4-8-11)24-17-19-12-9-5-6-10-13(12)23-17/h2-10,14H,1H3,(H,18,22). The van der Waals surface area contributed by atoms with Gasteiger partial charge in [0.15, 0.2) is 9.59 Å². The van der Waals surface area contributed by atoms with Gasteiger partial charge in [0.1, 0.15) is 4.99 Å². The molecule has 3 rings (SSSR count). The van der Waals surface area contributed by atoms with Crippen LogP contribution in [0.3, 0.4) is 0 Å². The highest BCUT2D eigenvalue weighted by atomic mass is 32.2. The van der Waals surface area contributed by atoms with Gasteiger partial charge in [0.2, 0.25) is 0 Å². The van der Waals surface area contributed by atoms with Gasteiger partial charge in [-0.25, -0.2) is 4.98 Å². The number of carbonyl (C=O) groups is 1. The van der Waals surface area contributed by atoms with E-state index in [0.29, 0.717) is 4.99 Å². The van der Waals surface area contributed by atoms with Crippen LogP contribution in [0.25, 0.3) is 10.2 Å². The number of esters is 1. The van der Waals surface area contributed by atoms with Gasteiger partial charge in [0, 0.05) is 5.69 Å². The van der Waals surface area contributed by atoms with E-state index in [2.05, 4.69) is 10.3 Å². The molecule has 0 spiro atoms. The third kappa shape index (κ3) is 3.92. The number of thiazole rings is 1. The van der Waals surface area contributed by atoms with Crippen LogP contribution in [-0.4, -0.2) is 28.3 Å². The lowest BCUT2D eigenvalue weighted by Gasteiger charge is -2.15. The highest BCUT2D eigenvalue weighted by Gasteiger charge is 2.27. The van der Waals surface area contributed by atoms with Crippen molar-refractivity contribution in [3.05, 3.63) is 54.6 Å². The molecule has 0 saturated heterocycles. The Labute approximate surface area is 153 Å². The number of para-hydroxylation sites is 2. The van der Waals surface area contributed by atoms with Crippen LogP contribution in [0.5, 0.6) is 0 Å². The lowest BCUT2D eigenvalue weighted by atomic mass is 10.3. The molecule has 24 heavy (non-hydrogen) atoms. The number of methoxy groups -OCH3 is 1. The van der Waals surface area contributed by atoms with Crippen molar-refractivity contribution in [3.8, 4) is 0 Å². The van der Waals surface area contributed by atoms with Crippen molar-refractivity contribution in [2.45, 2.75) is 9.59 Å². The second kappa shape index (κ2) is 7.74. The van der Waals surface area contributed by atoms with Crippen molar-refractivity contribution in [1.29, 1.82) is 0 Å². The number of hydrogen-bond acceptors (Lipinski definition) is 6. The molecule has 4 nitrogen and oxygen atoms in total. The Morgan fingerprint density at radius 2 is 1.92 bits per heavy atom. The van der Waals surface area contributed by atoms with E-state index in [-0.39, 0.29) is 0 Å². The van der Waals surface area contributed by atoms with Gasteiger partial charge >= 0.3 is 5.97 Å². The SMILES string of the molecule is COC(=O)C(Sc1nc2ccccc2s1)C(=S)Nc1ccccc1. The van der Waals surface area contributed by atoms with Gasteiger partial charge < -0.3 is 10.1 Å². The summed E-state index contributed by atoms with van der Waals surface area (Å²) in [6.07, 6.45) is 0. The number of nitrogens with zero attached hydrogens (tertiary/aromatic N) is 1. The molecule has 1 N–H and O–H groups in total. The fourth-order valence-electron chi connectivity index (χ4n) is 2.05.